The van der Waals surface area contributed by atoms with Gasteiger partial charge in [0.15, 0.2) is 0 Å². The molecule has 4 nitrogen and oxygen atoms in total. The van der Waals surface area contributed by atoms with Gasteiger partial charge in [-0.2, -0.15) is 0 Å². The number of nitrogens with one attached hydrogen (secondary N) is 1. The van der Waals surface area contributed by atoms with Gasteiger partial charge in [-0.25, -0.2) is 0 Å². The number of aldehydes is 2. The highest BCUT2D eigenvalue weighted by atomic mass is 16.3. The SMILES string of the molecule is N=C(CC(O)C=O)c1cccc(C=O)c1. The van der Waals surface area contributed by atoms with Gasteiger partial charge in [0.25, 0.3) is 0 Å². The Morgan fingerprint density at radius 3 is 2.80 bits per heavy atom. The Balaban J connectivity index is 2.81. The van der Waals surface area contributed by atoms with E-state index in [9.17, 15) is 9.59 Å². The lowest BCUT2D eigenvalue weighted by atomic mass is 10.0. The monoisotopic (exact) mass is 205 g/mol. The smallest absolute Gasteiger partial charge is 0.150 e. The molecule has 0 radical (unpaired) electrons. The molecule has 0 aliphatic carbocycles. The van der Waals surface area contributed by atoms with Crippen LogP contribution < -0.4 is 0 Å². The third-order valence-electron chi connectivity index (χ3n) is 1.94. The first-order valence-corrected chi connectivity index (χ1v) is 4.43. The Kier molecular flexibility index (Phi) is 3.88. The Morgan fingerprint density at radius 1 is 1.47 bits per heavy atom. The summed E-state index contributed by atoms with van der Waals surface area (Å²) in [6, 6.07) is 6.49. The maximum Gasteiger partial charge on any atom is 0.150 e. The zero-order valence-electron chi connectivity index (χ0n) is 8.01. The van der Waals surface area contributed by atoms with Crippen LogP contribution in [0.15, 0.2) is 24.3 Å². The fraction of sp³-hybridized carbons (Fsp3) is 0.182. The van der Waals surface area contributed by atoms with Crippen LogP contribution in [0.25, 0.3) is 0 Å². The van der Waals surface area contributed by atoms with Gasteiger partial charge in [0, 0.05) is 17.7 Å². The van der Waals surface area contributed by atoms with Crippen molar-refractivity contribution in [2.75, 3.05) is 0 Å². The molecule has 0 bridgehead atoms. The average Bonchev–Trinajstić information content (AvgIpc) is 2.28. The second-order valence-electron chi connectivity index (χ2n) is 3.13. The van der Waals surface area contributed by atoms with Crippen LogP contribution >= 0.6 is 0 Å². The van der Waals surface area contributed by atoms with Crippen molar-refractivity contribution in [2.24, 2.45) is 0 Å². The molecule has 0 fully saturated rings. The molecule has 0 saturated heterocycles. The molecule has 1 aromatic rings. The number of aliphatic hydroxyl groups is 1. The molecular weight excluding hydrogens is 194 g/mol. The summed E-state index contributed by atoms with van der Waals surface area (Å²) in [5.74, 6) is 0. The molecule has 1 aromatic carbocycles. The Morgan fingerprint density at radius 2 is 2.20 bits per heavy atom. The molecule has 2 N–H and O–H groups in total. The fourth-order valence-electron chi connectivity index (χ4n) is 1.17. The first-order chi connectivity index (χ1) is 7.17. The van der Waals surface area contributed by atoms with Crippen LogP contribution in [0.5, 0.6) is 0 Å². The van der Waals surface area contributed by atoms with E-state index in [4.69, 9.17) is 10.5 Å². The van der Waals surface area contributed by atoms with E-state index in [2.05, 4.69) is 0 Å². The predicted molar refractivity (Wildman–Crippen MR) is 55.3 cm³/mol. The van der Waals surface area contributed by atoms with Gasteiger partial charge in [-0.3, -0.25) is 4.79 Å². The van der Waals surface area contributed by atoms with Gasteiger partial charge in [-0.05, 0) is 11.6 Å². The molecule has 0 amide bonds. The number of benzene rings is 1. The van der Waals surface area contributed by atoms with Gasteiger partial charge in [0.1, 0.15) is 18.7 Å². The second-order valence-corrected chi connectivity index (χ2v) is 3.13. The lowest BCUT2D eigenvalue weighted by molar-refractivity contribution is -0.114. The van der Waals surface area contributed by atoms with Crippen LogP contribution in [0.2, 0.25) is 0 Å². The lowest BCUT2D eigenvalue weighted by Crippen LogP contribution is -2.14. The van der Waals surface area contributed by atoms with Crippen molar-refractivity contribution in [2.45, 2.75) is 12.5 Å². The van der Waals surface area contributed by atoms with Crippen LogP contribution in [-0.2, 0) is 4.79 Å². The summed E-state index contributed by atoms with van der Waals surface area (Å²) in [6.07, 6.45) is -0.117. The molecule has 0 spiro atoms. The van der Waals surface area contributed by atoms with Crippen molar-refractivity contribution >= 4 is 18.3 Å². The van der Waals surface area contributed by atoms with Crippen LogP contribution in [0.1, 0.15) is 22.3 Å². The Bertz CT molecular complexity index is 387. The summed E-state index contributed by atoms with van der Waals surface area (Å²) in [6.45, 7) is 0. The Labute approximate surface area is 87.1 Å². The van der Waals surface area contributed by atoms with Gasteiger partial charge in [0.2, 0.25) is 0 Å². The van der Waals surface area contributed by atoms with Crippen molar-refractivity contribution in [3.8, 4) is 0 Å². The zero-order valence-corrected chi connectivity index (χ0v) is 8.01. The topological polar surface area (TPSA) is 78.2 Å². The first-order valence-electron chi connectivity index (χ1n) is 4.43. The molecule has 1 rings (SSSR count). The summed E-state index contributed by atoms with van der Waals surface area (Å²) in [5.41, 5.74) is 1.15. The third-order valence-corrected chi connectivity index (χ3v) is 1.94. The quantitative estimate of drug-likeness (QED) is 0.551. The molecule has 78 valence electrons. The van der Waals surface area contributed by atoms with Crippen LogP contribution in [0, 0.1) is 5.41 Å². The largest absolute Gasteiger partial charge is 0.385 e. The van der Waals surface area contributed by atoms with E-state index in [1.165, 1.54) is 0 Å². The standard InChI is InChI=1S/C11H11NO3/c12-11(5-10(15)7-14)9-3-1-2-8(4-9)6-13/h1-4,6-7,10,12,15H,5H2. The van der Waals surface area contributed by atoms with E-state index in [0.29, 0.717) is 23.7 Å². The van der Waals surface area contributed by atoms with Gasteiger partial charge in [0.05, 0.1) is 0 Å². The van der Waals surface area contributed by atoms with Crippen LogP contribution in [0.3, 0.4) is 0 Å². The molecule has 0 aliphatic rings. The van der Waals surface area contributed by atoms with Crippen molar-refractivity contribution in [1.82, 2.24) is 0 Å². The number of rotatable bonds is 5. The third kappa shape index (κ3) is 3.11. The summed E-state index contributed by atoms with van der Waals surface area (Å²) < 4.78 is 0. The van der Waals surface area contributed by atoms with Crippen LogP contribution in [-0.4, -0.2) is 29.5 Å². The Hall–Kier alpha value is -1.81. The van der Waals surface area contributed by atoms with Gasteiger partial charge in [-0.1, -0.05) is 18.2 Å². The molecule has 4 heteroatoms. The number of aliphatic hydroxyl groups excluding tert-OH is 1. The van der Waals surface area contributed by atoms with Gasteiger partial charge < -0.3 is 15.3 Å². The van der Waals surface area contributed by atoms with E-state index < -0.39 is 6.10 Å². The minimum atomic E-state index is -1.16. The minimum Gasteiger partial charge on any atom is -0.385 e. The normalized spacial score (nSPS) is 11.8. The van der Waals surface area contributed by atoms with Crippen molar-refractivity contribution in [1.29, 1.82) is 5.41 Å². The molecule has 0 saturated carbocycles. The van der Waals surface area contributed by atoms with Crippen molar-refractivity contribution in [3.63, 3.8) is 0 Å². The van der Waals surface area contributed by atoms with E-state index >= 15 is 0 Å². The highest BCUT2D eigenvalue weighted by molar-refractivity contribution is 6.00. The number of hydrogen-bond donors (Lipinski definition) is 2. The molecule has 1 atom stereocenters. The molecule has 15 heavy (non-hydrogen) atoms. The van der Waals surface area contributed by atoms with Gasteiger partial charge >= 0.3 is 0 Å². The molecule has 0 aromatic heterocycles. The minimum absolute atomic E-state index is 0.0359. The number of hydrogen-bond acceptors (Lipinski definition) is 4. The summed E-state index contributed by atoms with van der Waals surface area (Å²) in [4.78, 5) is 20.7. The van der Waals surface area contributed by atoms with E-state index in [1.807, 2.05) is 0 Å². The van der Waals surface area contributed by atoms with E-state index in [0.717, 1.165) is 0 Å². The fourth-order valence-corrected chi connectivity index (χ4v) is 1.17. The molecular formula is C11H11NO3. The van der Waals surface area contributed by atoms with Crippen molar-refractivity contribution in [3.05, 3.63) is 35.4 Å². The van der Waals surface area contributed by atoms with Crippen LogP contribution in [0.4, 0.5) is 0 Å². The molecule has 1 unspecified atom stereocenters. The van der Waals surface area contributed by atoms with E-state index in [-0.39, 0.29) is 12.1 Å². The number of carbonyl (C=O) groups excluding carboxylic acids is 2. The highest BCUT2D eigenvalue weighted by Gasteiger charge is 2.08. The molecule has 0 aliphatic heterocycles. The maximum atomic E-state index is 10.5. The lowest BCUT2D eigenvalue weighted by Gasteiger charge is -2.05. The average molecular weight is 205 g/mol. The summed E-state index contributed by atoms with van der Waals surface area (Å²) in [5, 5.41) is 16.6. The zero-order chi connectivity index (χ0) is 11.3. The maximum absolute atomic E-state index is 10.5. The first kappa shape index (κ1) is 11.3. The highest BCUT2D eigenvalue weighted by Crippen LogP contribution is 2.07. The van der Waals surface area contributed by atoms with E-state index in [1.54, 1.807) is 24.3 Å². The second kappa shape index (κ2) is 5.17. The molecule has 0 heterocycles. The number of carbonyl (C=O) groups is 2. The summed E-state index contributed by atoms with van der Waals surface area (Å²) in [7, 11) is 0. The predicted octanol–water partition coefficient (Wildman–Crippen LogP) is 0.817. The van der Waals surface area contributed by atoms with Gasteiger partial charge in [-0.15, -0.1) is 0 Å². The van der Waals surface area contributed by atoms with Crippen molar-refractivity contribution < 1.29 is 14.7 Å². The summed E-state index contributed by atoms with van der Waals surface area (Å²) >= 11 is 0.